The lowest BCUT2D eigenvalue weighted by Crippen LogP contribution is -2.65. The van der Waals surface area contributed by atoms with E-state index in [2.05, 4.69) is 66.8 Å². The fourth-order valence-electron chi connectivity index (χ4n) is 8.70. The highest BCUT2D eigenvalue weighted by Crippen LogP contribution is 2.72. The molecule has 32 heavy (non-hydrogen) atoms. The lowest BCUT2D eigenvalue weighted by molar-refractivity contribution is -0.186. The molecule has 1 amide bonds. The van der Waals surface area contributed by atoms with Gasteiger partial charge in [-0.2, -0.15) is 0 Å². The van der Waals surface area contributed by atoms with Gasteiger partial charge in [-0.1, -0.05) is 67.0 Å². The maximum atomic E-state index is 13.6. The van der Waals surface area contributed by atoms with E-state index in [9.17, 15) is 9.59 Å². The lowest BCUT2D eigenvalue weighted by atomic mass is 9.35. The van der Waals surface area contributed by atoms with Crippen molar-refractivity contribution in [2.75, 3.05) is 0 Å². The Morgan fingerprint density at radius 2 is 1.72 bits per heavy atom. The van der Waals surface area contributed by atoms with Gasteiger partial charge in [0.1, 0.15) is 0 Å². The third kappa shape index (κ3) is 3.43. The molecule has 3 aliphatic carbocycles. The monoisotopic (exact) mass is 443 g/mol. The molecule has 0 aliphatic heterocycles. The van der Waals surface area contributed by atoms with Gasteiger partial charge in [-0.3, -0.25) is 9.59 Å². The minimum atomic E-state index is -0.524. The second kappa shape index (κ2) is 8.27. The maximum absolute atomic E-state index is 13.6. The summed E-state index contributed by atoms with van der Waals surface area (Å²) in [6.07, 6.45) is 8.95. The number of hydrogen-bond acceptors (Lipinski definition) is 2. The van der Waals surface area contributed by atoms with Crippen molar-refractivity contribution in [3.05, 3.63) is 11.6 Å². The molecule has 3 nitrogen and oxygen atoms in total. The second-order valence-corrected chi connectivity index (χ2v) is 13.0. The summed E-state index contributed by atoms with van der Waals surface area (Å²) < 4.78 is 0. The van der Waals surface area contributed by atoms with Crippen LogP contribution in [0.25, 0.3) is 0 Å². The first-order chi connectivity index (χ1) is 14.7. The molecule has 7 unspecified atom stereocenters. The molecule has 0 radical (unpaired) electrons. The SMILES string of the molecule is CCC(C)C1=CCC2C3(C)CC(C(=O)NC(C)C)C(=O)C(C)(C)C3CCC2(C)C1(C)CC. The van der Waals surface area contributed by atoms with Crippen LogP contribution in [0.4, 0.5) is 0 Å². The summed E-state index contributed by atoms with van der Waals surface area (Å²) in [5.74, 6) is 1.01. The molecule has 0 aromatic heterocycles. The number of amides is 1. The van der Waals surface area contributed by atoms with Crippen molar-refractivity contribution >= 4 is 11.7 Å². The number of carbonyl (C=O) groups is 2. The molecular formula is C29H49NO2. The number of nitrogens with one attached hydrogen (secondary N) is 1. The van der Waals surface area contributed by atoms with E-state index in [1.807, 2.05) is 13.8 Å². The summed E-state index contributed by atoms with van der Waals surface area (Å²) in [4.78, 5) is 26.8. The van der Waals surface area contributed by atoms with Crippen LogP contribution in [0.3, 0.4) is 0 Å². The Balaban J connectivity index is 2.11. The van der Waals surface area contributed by atoms with E-state index in [0.29, 0.717) is 24.2 Å². The molecule has 1 N–H and O–H groups in total. The van der Waals surface area contributed by atoms with Crippen LogP contribution in [0, 0.1) is 45.3 Å². The first kappa shape index (κ1) is 25.5. The highest BCUT2D eigenvalue weighted by molar-refractivity contribution is 6.04. The Labute approximate surface area is 197 Å². The van der Waals surface area contributed by atoms with Gasteiger partial charge >= 0.3 is 0 Å². The minimum Gasteiger partial charge on any atom is -0.353 e. The van der Waals surface area contributed by atoms with Crippen LogP contribution in [0.1, 0.15) is 108 Å². The summed E-state index contributed by atoms with van der Waals surface area (Å²) in [7, 11) is 0. The van der Waals surface area contributed by atoms with Crippen LogP contribution in [0.5, 0.6) is 0 Å². The zero-order chi connectivity index (χ0) is 24.3. The molecule has 3 aliphatic rings. The van der Waals surface area contributed by atoms with Crippen molar-refractivity contribution in [2.45, 2.75) is 114 Å². The number of hydrogen-bond donors (Lipinski definition) is 1. The highest BCUT2D eigenvalue weighted by atomic mass is 16.2. The average molecular weight is 444 g/mol. The van der Waals surface area contributed by atoms with Crippen molar-refractivity contribution in [1.82, 2.24) is 5.32 Å². The largest absolute Gasteiger partial charge is 0.353 e. The zero-order valence-corrected chi connectivity index (χ0v) is 22.5. The fourth-order valence-corrected chi connectivity index (χ4v) is 8.70. The lowest BCUT2D eigenvalue weighted by Gasteiger charge is -2.68. The van der Waals surface area contributed by atoms with Gasteiger partial charge in [0, 0.05) is 11.5 Å². The molecular weight excluding hydrogens is 394 g/mol. The molecule has 7 atom stereocenters. The molecule has 3 heteroatoms. The summed E-state index contributed by atoms with van der Waals surface area (Å²) in [5, 5.41) is 3.06. The van der Waals surface area contributed by atoms with Gasteiger partial charge < -0.3 is 5.32 Å². The van der Waals surface area contributed by atoms with Gasteiger partial charge in [-0.05, 0) is 86.4 Å². The molecule has 0 spiro atoms. The Bertz CT molecular complexity index is 795. The first-order valence-electron chi connectivity index (χ1n) is 13.3. The Hall–Kier alpha value is -1.12. The van der Waals surface area contributed by atoms with Crippen molar-refractivity contribution < 1.29 is 9.59 Å². The highest BCUT2D eigenvalue weighted by Gasteiger charge is 2.67. The normalized spacial score (nSPS) is 42.0. The summed E-state index contributed by atoms with van der Waals surface area (Å²) in [6, 6.07) is 0.0552. The van der Waals surface area contributed by atoms with Crippen LogP contribution < -0.4 is 5.32 Å². The van der Waals surface area contributed by atoms with Crippen LogP contribution in [-0.2, 0) is 9.59 Å². The zero-order valence-electron chi connectivity index (χ0n) is 22.5. The Morgan fingerprint density at radius 1 is 1.09 bits per heavy atom. The fraction of sp³-hybridized carbons (Fsp3) is 0.862. The van der Waals surface area contributed by atoms with E-state index < -0.39 is 11.3 Å². The molecule has 0 aromatic carbocycles. The van der Waals surface area contributed by atoms with Crippen molar-refractivity contribution in [3.63, 3.8) is 0 Å². The summed E-state index contributed by atoms with van der Waals surface area (Å²) in [6.45, 7) is 22.8. The third-order valence-electron chi connectivity index (χ3n) is 10.8. The van der Waals surface area contributed by atoms with Crippen LogP contribution >= 0.6 is 0 Å². The first-order valence-corrected chi connectivity index (χ1v) is 13.3. The second-order valence-electron chi connectivity index (χ2n) is 13.0. The molecule has 0 bridgehead atoms. The molecule has 0 saturated heterocycles. The van der Waals surface area contributed by atoms with Crippen molar-refractivity contribution in [3.8, 4) is 0 Å². The molecule has 2 fully saturated rings. The van der Waals surface area contributed by atoms with Gasteiger partial charge in [0.15, 0.2) is 5.78 Å². The molecule has 0 heterocycles. The van der Waals surface area contributed by atoms with Gasteiger partial charge in [-0.15, -0.1) is 0 Å². The number of carbonyl (C=O) groups excluding carboxylic acids is 2. The maximum Gasteiger partial charge on any atom is 0.230 e. The predicted octanol–water partition coefficient (Wildman–Crippen LogP) is 6.96. The Kier molecular flexibility index (Phi) is 6.59. The van der Waals surface area contributed by atoms with E-state index in [0.717, 1.165) is 19.3 Å². The minimum absolute atomic E-state index is 0.0166. The van der Waals surface area contributed by atoms with Gasteiger partial charge in [0.25, 0.3) is 0 Å². The quantitative estimate of drug-likeness (QED) is 0.369. The van der Waals surface area contributed by atoms with Crippen LogP contribution in [0.2, 0.25) is 0 Å². The van der Waals surface area contributed by atoms with E-state index in [1.165, 1.54) is 12.8 Å². The number of allylic oxidation sites excluding steroid dienone is 2. The molecule has 182 valence electrons. The predicted molar refractivity (Wildman–Crippen MR) is 133 cm³/mol. The van der Waals surface area contributed by atoms with Gasteiger partial charge in [-0.25, -0.2) is 0 Å². The van der Waals surface area contributed by atoms with Crippen molar-refractivity contribution in [2.24, 2.45) is 45.3 Å². The van der Waals surface area contributed by atoms with E-state index in [4.69, 9.17) is 0 Å². The smallest absolute Gasteiger partial charge is 0.230 e. The average Bonchev–Trinajstić information content (AvgIpc) is 2.70. The van der Waals surface area contributed by atoms with E-state index >= 15 is 0 Å². The number of Topliss-reactive ketones (excluding diaryl/α,β-unsaturated/α-hetero) is 1. The topological polar surface area (TPSA) is 46.2 Å². The van der Waals surface area contributed by atoms with Crippen LogP contribution in [0.15, 0.2) is 11.6 Å². The van der Waals surface area contributed by atoms with E-state index in [-0.39, 0.29) is 34.0 Å². The summed E-state index contributed by atoms with van der Waals surface area (Å²) >= 11 is 0. The van der Waals surface area contributed by atoms with Crippen LogP contribution in [-0.4, -0.2) is 17.7 Å². The molecule has 3 rings (SSSR count). The van der Waals surface area contributed by atoms with E-state index in [1.54, 1.807) is 5.57 Å². The number of rotatable bonds is 5. The summed E-state index contributed by atoms with van der Waals surface area (Å²) in [5.41, 5.74) is 1.54. The van der Waals surface area contributed by atoms with Gasteiger partial charge in [0.2, 0.25) is 5.91 Å². The standard InChI is InChI=1S/C29H49NO2/c1-11-19(5)21-13-14-23-27(8)17-20(25(32)30-18(3)4)24(31)26(6,7)22(27)15-16-29(23,10)28(21,9)12-2/h13,18-20,22-23H,11-12,14-17H2,1-10H3,(H,30,32). The van der Waals surface area contributed by atoms with Gasteiger partial charge in [0.05, 0.1) is 5.92 Å². The van der Waals surface area contributed by atoms with Crippen molar-refractivity contribution in [1.29, 1.82) is 0 Å². The number of ketones is 1. The third-order valence-corrected chi connectivity index (χ3v) is 10.8. The number of fused-ring (bicyclic) bond motifs is 3. The molecule has 0 aromatic rings. The Morgan fingerprint density at radius 3 is 2.25 bits per heavy atom. The molecule has 2 saturated carbocycles.